The summed E-state index contributed by atoms with van der Waals surface area (Å²) in [5, 5.41) is 13.9. The topological polar surface area (TPSA) is 38.0 Å². The van der Waals surface area contributed by atoms with Crippen LogP contribution in [0.5, 0.6) is 0 Å². The van der Waals surface area contributed by atoms with Gasteiger partial charge in [0, 0.05) is 11.6 Å². The third-order valence-electron chi connectivity index (χ3n) is 3.79. The molecule has 3 heteroatoms. The van der Waals surface area contributed by atoms with Gasteiger partial charge in [0.1, 0.15) is 0 Å². The van der Waals surface area contributed by atoms with Crippen LogP contribution < -0.4 is 0 Å². The molecule has 1 heterocycles. The summed E-state index contributed by atoms with van der Waals surface area (Å²) in [6, 6.07) is 6.44. The first-order valence-electron chi connectivity index (χ1n) is 6.88. The van der Waals surface area contributed by atoms with E-state index < -0.39 is 0 Å². The van der Waals surface area contributed by atoms with Crippen LogP contribution in [-0.2, 0) is 6.61 Å². The van der Waals surface area contributed by atoms with Crippen molar-refractivity contribution in [1.29, 1.82) is 0 Å². The lowest BCUT2D eigenvalue weighted by molar-refractivity contribution is 0.276. The first-order valence-corrected chi connectivity index (χ1v) is 6.88. The van der Waals surface area contributed by atoms with Gasteiger partial charge in [-0.15, -0.1) is 0 Å². The zero-order valence-corrected chi connectivity index (χ0v) is 11.8. The lowest BCUT2D eigenvalue weighted by Gasteiger charge is -2.14. The Kier molecular flexibility index (Phi) is 2.94. The lowest BCUT2D eigenvalue weighted by Crippen LogP contribution is -2.06. The molecule has 1 saturated carbocycles. The van der Waals surface area contributed by atoms with Crippen LogP contribution in [0.15, 0.2) is 18.2 Å². The van der Waals surface area contributed by atoms with Gasteiger partial charge in [-0.05, 0) is 50.8 Å². The number of nitrogens with zero attached hydrogens (tertiary/aromatic N) is 2. The molecule has 19 heavy (non-hydrogen) atoms. The Hall–Kier alpha value is -1.61. The van der Waals surface area contributed by atoms with Crippen LogP contribution in [0, 0.1) is 20.8 Å². The van der Waals surface area contributed by atoms with E-state index in [1.165, 1.54) is 40.9 Å². The summed E-state index contributed by atoms with van der Waals surface area (Å²) < 4.78 is 2.05. The monoisotopic (exact) mass is 256 g/mol. The fourth-order valence-corrected chi connectivity index (χ4v) is 2.88. The Bertz CT molecular complexity index is 601. The molecule has 0 bridgehead atoms. The summed E-state index contributed by atoms with van der Waals surface area (Å²) >= 11 is 0. The molecule has 1 aromatic heterocycles. The molecule has 100 valence electrons. The average Bonchev–Trinajstić information content (AvgIpc) is 3.09. The molecule has 3 nitrogen and oxygen atoms in total. The molecule has 0 saturated heterocycles. The molecule has 1 aliphatic carbocycles. The van der Waals surface area contributed by atoms with E-state index in [1.807, 2.05) is 4.68 Å². The highest BCUT2D eigenvalue weighted by Gasteiger charge is 2.29. The largest absolute Gasteiger partial charge is 0.390 e. The van der Waals surface area contributed by atoms with Crippen LogP contribution in [0.1, 0.15) is 46.8 Å². The Balaban J connectivity index is 2.18. The predicted molar refractivity (Wildman–Crippen MR) is 75.7 cm³/mol. The molecule has 1 aromatic carbocycles. The molecule has 0 atom stereocenters. The van der Waals surface area contributed by atoms with Gasteiger partial charge >= 0.3 is 0 Å². The zero-order chi connectivity index (χ0) is 13.6. The van der Waals surface area contributed by atoms with Gasteiger partial charge in [0.15, 0.2) is 0 Å². The molecular weight excluding hydrogens is 236 g/mol. The number of aliphatic hydroxyl groups is 1. The Morgan fingerprint density at radius 2 is 1.79 bits per heavy atom. The van der Waals surface area contributed by atoms with Crippen LogP contribution in [0.3, 0.4) is 0 Å². The summed E-state index contributed by atoms with van der Waals surface area (Å²) in [6.07, 6.45) is 2.47. The van der Waals surface area contributed by atoms with Crippen LogP contribution in [0.4, 0.5) is 0 Å². The van der Waals surface area contributed by atoms with Gasteiger partial charge in [0.25, 0.3) is 0 Å². The molecule has 1 N–H and O–H groups in total. The maximum absolute atomic E-state index is 9.33. The van der Waals surface area contributed by atoms with E-state index in [9.17, 15) is 5.11 Å². The van der Waals surface area contributed by atoms with Gasteiger partial charge in [-0.25, -0.2) is 4.68 Å². The smallest absolute Gasteiger partial charge is 0.0886 e. The summed E-state index contributed by atoms with van der Waals surface area (Å²) in [4.78, 5) is 0. The maximum atomic E-state index is 9.33. The number of hydrogen-bond donors (Lipinski definition) is 1. The van der Waals surface area contributed by atoms with E-state index in [2.05, 4.69) is 44.1 Å². The van der Waals surface area contributed by atoms with Crippen molar-refractivity contribution in [1.82, 2.24) is 9.78 Å². The van der Waals surface area contributed by atoms with E-state index in [1.54, 1.807) is 0 Å². The summed E-state index contributed by atoms with van der Waals surface area (Å²) in [5.41, 5.74) is 6.95. The highest BCUT2D eigenvalue weighted by Crippen LogP contribution is 2.41. The van der Waals surface area contributed by atoms with E-state index >= 15 is 0 Å². The second-order valence-electron chi connectivity index (χ2n) is 5.65. The zero-order valence-electron chi connectivity index (χ0n) is 11.8. The number of rotatable bonds is 3. The minimum Gasteiger partial charge on any atom is -0.390 e. The van der Waals surface area contributed by atoms with Crippen LogP contribution >= 0.6 is 0 Å². The maximum Gasteiger partial charge on any atom is 0.0886 e. The summed E-state index contributed by atoms with van der Waals surface area (Å²) in [7, 11) is 0. The highest BCUT2D eigenvalue weighted by atomic mass is 16.3. The normalized spacial score (nSPS) is 14.9. The van der Waals surface area contributed by atoms with Crippen molar-refractivity contribution < 1.29 is 5.11 Å². The SMILES string of the molecule is Cc1cc(C)c(-n2nc(CO)cc2C2CC2)c(C)c1. The standard InChI is InChI=1S/C16H20N2O/c1-10-6-11(2)16(12(3)7-10)18-15(13-4-5-13)8-14(9-19)17-18/h6-8,13,19H,4-5,9H2,1-3H3. The molecule has 1 fully saturated rings. The third kappa shape index (κ3) is 2.19. The Morgan fingerprint density at radius 1 is 1.16 bits per heavy atom. The van der Waals surface area contributed by atoms with Gasteiger partial charge < -0.3 is 5.11 Å². The fourth-order valence-electron chi connectivity index (χ4n) is 2.88. The van der Waals surface area contributed by atoms with E-state index in [0.717, 1.165) is 5.69 Å². The average molecular weight is 256 g/mol. The van der Waals surface area contributed by atoms with Gasteiger partial charge in [0.05, 0.1) is 18.0 Å². The van der Waals surface area contributed by atoms with Crippen molar-refractivity contribution in [3.63, 3.8) is 0 Å². The van der Waals surface area contributed by atoms with Crippen LogP contribution in [0.2, 0.25) is 0 Å². The van der Waals surface area contributed by atoms with Crippen molar-refractivity contribution in [3.8, 4) is 5.69 Å². The van der Waals surface area contributed by atoms with Crippen molar-refractivity contribution in [3.05, 3.63) is 46.3 Å². The molecule has 2 aromatic rings. The van der Waals surface area contributed by atoms with Gasteiger partial charge in [-0.3, -0.25) is 0 Å². The minimum atomic E-state index is 0.0106. The van der Waals surface area contributed by atoms with Gasteiger partial charge in [0.2, 0.25) is 0 Å². The van der Waals surface area contributed by atoms with E-state index in [-0.39, 0.29) is 6.61 Å². The number of benzene rings is 1. The van der Waals surface area contributed by atoms with Crippen molar-refractivity contribution >= 4 is 0 Å². The van der Waals surface area contributed by atoms with Crippen LogP contribution in [0.25, 0.3) is 5.69 Å². The summed E-state index contributed by atoms with van der Waals surface area (Å²) in [6.45, 7) is 6.39. The van der Waals surface area contributed by atoms with Crippen molar-refractivity contribution in [2.24, 2.45) is 0 Å². The first-order chi connectivity index (χ1) is 9.10. The lowest BCUT2D eigenvalue weighted by atomic mass is 10.0. The molecule has 1 aliphatic rings. The van der Waals surface area contributed by atoms with E-state index in [0.29, 0.717) is 5.92 Å². The molecule has 0 amide bonds. The number of hydrogen-bond acceptors (Lipinski definition) is 2. The molecule has 0 radical (unpaired) electrons. The number of aliphatic hydroxyl groups excluding tert-OH is 1. The molecule has 0 spiro atoms. The first kappa shape index (κ1) is 12.4. The van der Waals surface area contributed by atoms with E-state index in [4.69, 9.17) is 0 Å². The molecule has 0 unspecified atom stereocenters. The second kappa shape index (κ2) is 4.49. The molecule has 3 rings (SSSR count). The third-order valence-corrected chi connectivity index (χ3v) is 3.79. The second-order valence-corrected chi connectivity index (χ2v) is 5.65. The van der Waals surface area contributed by atoms with Crippen molar-refractivity contribution in [2.45, 2.75) is 46.1 Å². The van der Waals surface area contributed by atoms with Crippen molar-refractivity contribution in [2.75, 3.05) is 0 Å². The highest BCUT2D eigenvalue weighted by molar-refractivity contribution is 5.50. The molecule has 0 aliphatic heterocycles. The predicted octanol–water partition coefficient (Wildman–Crippen LogP) is 3.17. The number of aryl methyl sites for hydroxylation is 3. The fraction of sp³-hybridized carbons (Fsp3) is 0.438. The Morgan fingerprint density at radius 3 is 2.32 bits per heavy atom. The Labute approximate surface area is 113 Å². The minimum absolute atomic E-state index is 0.0106. The van der Waals surface area contributed by atoms with Crippen LogP contribution in [-0.4, -0.2) is 14.9 Å². The quantitative estimate of drug-likeness (QED) is 0.916. The summed E-state index contributed by atoms with van der Waals surface area (Å²) in [5.74, 6) is 0.618. The molecular formula is C16H20N2O. The van der Waals surface area contributed by atoms with Gasteiger partial charge in [-0.1, -0.05) is 17.7 Å². The van der Waals surface area contributed by atoms with Gasteiger partial charge in [-0.2, -0.15) is 5.10 Å². The number of aromatic nitrogens is 2.